The fourth-order valence-electron chi connectivity index (χ4n) is 2.54. The van der Waals surface area contributed by atoms with Crippen molar-refractivity contribution in [3.63, 3.8) is 0 Å². The highest BCUT2D eigenvalue weighted by molar-refractivity contribution is 6.08. The zero-order valence-corrected chi connectivity index (χ0v) is 13.9. The van der Waals surface area contributed by atoms with Crippen molar-refractivity contribution in [3.8, 4) is 0 Å². The van der Waals surface area contributed by atoms with E-state index in [0.717, 1.165) is 13.0 Å². The second-order valence-corrected chi connectivity index (χ2v) is 5.92. The van der Waals surface area contributed by atoms with Crippen LogP contribution in [0.15, 0.2) is 11.6 Å². The van der Waals surface area contributed by atoms with Crippen LogP contribution in [0.5, 0.6) is 0 Å². The molecule has 0 saturated heterocycles. The molecular weight excluding hydrogens is 280 g/mol. The predicted octanol–water partition coefficient (Wildman–Crippen LogP) is 4.32. The van der Waals surface area contributed by atoms with Crippen LogP contribution in [-0.2, 0) is 19.1 Å². The molecule has 0 bridgehead atoms. The van der Waals surface area contributed by atoms with Crippen LogP contribution < -0.4 is 0 Å². The van der Waals surface area contributed by atoms with Crippen LogP contribution in [-0.4, -0.2) is 25.2 Å². The van der Waals surface area contributed by atoms with Gasteiger partial charge in [0.25, 0.3) is 0 Å². The largest absolute Gasteiger partial charge is 0.386 e. The monoisotopic (exact) mass is 310 g/mol. The number of hydrogen-bond acceptors (Lipinski definition) is 4. The third-order valence-corrected chi connectivity index (χ3v) is 3.91. The van der Waals surface area contributed by atoms with Crippen molar-refractivity contribution in [3.05, 3.63) is 11.6 Å². The molecule has 1 heterocycles. The maximum Gasteiger partial charge on any atom is 0.342 e. The standard InChI is InChI=1S/C18H30O4/c1-2-3-4-5-6-7-8-9-10-11-13-21-14-12-16-15-17(19)22-18(16)20/h15H,2-14H2,1H3. The van der Waals surface area contributed by atoms with Crippen molar-refractivity contribution in [2.75, 3.05) is 13.2 Å². The fourth-order valence-corrected chi connectivity index (χ4v) is 2.54. The first-order chi connectivity index (χ1) is 10.7. The van der Waals surface area contributed by atoms with Crippen LogP contribution in [0.4, 0.5) is 0 Å². The lowest BCUT2D eigenvalue weighted by molar-refractivity contribution is -0.150. The average molecular weight is 310 g/mol. The minimum Gasteiger partial charge on any atom is -0.386 e. The van der Waals surface area contributed by atoms with E-state index in [0.29, 0.717) is 18.6 Å². The number of rotatable bonds is 14. The minimum atomic E-state index is -0.560. The van der Waals surface area contributed by atoms with Crippen molar-refractivity contribution in [2.45, 2.75) is 77.6 Å². The number of cyclic esters (lactones) is 2. The lowest BCUT2D eigenvalue weighted by Crippen LogP contribution is -2.05. The molecule has 0 spiro atoms. The number of hydrogen-bond donors (Lipinski definition) is 0. The van der Waals surface area contributed by atoms with Crippen molar-refractivity contribution in [1.82, 2.24) is 0 Å². The maximum absolute atomic E-state index is 11.2. The van der Waals surface area contributed by atoms with Crippen molar-refractivity contribution in [1.29, 1.82) is 0 Å². The van der Waals surface area contributed by atoms with E-state index >= 15 is 0 Å². The second kappa shape index (κ2) is 12.4. The Hall–Kier alpha value is -1.16. The highest BCUT2D eigenvalue weighted by Gasteiger charge is 2.22. The van der Waals surface area contributed by atoms with Gasteiger partial charge in [-0.15, -0.1) is 0 Å². The molecule has 1 rings (SSSR count). The molecule has 0 amide bonds. The third kappa shape index (κ3) is 8.98. The summed E-state index contributed by atoms with van der Waals surface area (Å²) >= 11 is 0. The number of unbranched alkanes of at least 4 members (excludes halogenated alkanes) is 9. The van der Waals surface area contributed by atoms with E-state index in [1.807, 2.05) is 0 Å². The smallest absolute Gasteiger partial charge is 0.342 e. The van der Waals surface area contributed by atoms with Gasteiger partial charge in [0.15, 0.2) is 0 Å². The number of ether oxygens (including phenoxy) is 2. The van der Waals surface area contributed by atoms with Crippen LogP contribution >= 0.6 is 0 Å². The number of carbonyl (C=O) groups is 2. The Morgan fingerprint density at radius 3 is 2.00 bits per heavy atom. The van der Waals surface area contributed by atoms with Crippen molar-refractivity contribution >= 4 is 11.9 Å². The van der Waals surface area contributed by atoms with Gasteiger partial charge in [0, 0.05) is 24.7 Å². The van der Waals surface area contributed by atoms with E-state index < -0.39 is 11.9 Å². The summed E-state index contributed by atoms with van der Waals surface area (Å²) in [5.74, 6) is -1.08. The van der Waals surface area contributed by atoms with E-state index in [4.69, 9.17) is 4.74 Å². The molecular formula is C18H30O4. The molecule has 4 heteroatoms. The molecule has 126 valence electrons. The summed E-state index contributed by atoms with van der Waals surface area (Å²) in [7, 11) is 0. The number of esters is 2. The molecule has 0 N–H and O–H groups in total. The number of carbonyl (C=O) groups excluding carboxylic acids is 2. The molecule has 0 aliphatic carbocycles. The Bertz CT molecular complexity index is 360. The first-order valence-electron chi connectivity index (χ1n) is 8.78. The van der Waals surface area contributed by atoms with E-state index in [2.05, 4.69) is 11.7 Å². The van der Waals surface area contributed by atoms with Gasteiger partial charge in [0.05, 0.1) is 6.61 Å². The van der Waals surface area contributed by atoms with Crippen LogP contribution in [0.25, 0.3) is 0 Å². The van der Waals surface area contributed by atoms with E-state index in [9.17, 15) is 9.59 Å². The normalized spacial score (nSPS) is 14.3. The summed E-state index contributed by atoms with van der Waals surface area (Å²) in [6, 6.07) is 0. The van der Waals surface area contributed by atoms with Crippen molar-refractivity contribution < 1.29 is 19.1 Å². The molecule has 1 aliphatic heterocycles. The lowest BCUT2D eigenvalue weighted by Gasteiger charge is -2.04. The van der Waals surface area contributed by atoms with Gasteiger partial charge in [-0.25, -0.2) is 9.59 Å². The van der Waals surface area contributed by atoms with E-state index in [1.54, 1.807) is 0 Å². The molecule has 0 radical (unpaired) electrons. The third-order valence-electron chi connectivity index (χ3n) is 3.91. The van der Waals surface area contributed by atoms with Gasteiger partial charge in [0.2, 0.25) is 0 Å². The lowest BCUT2D eigenvalue weighted by atomic mass is 10.1. The van der Waals surface area contributed by atoms with Gasteiger partial charge in [-0.2, -0.15) is 0 Å². The molecule has 22 heavy (non-hydrogen) atoms. The van der Waals surface area contributed by atoms with Gasteiger partial charge in [-0.05, 0) is 6.42 Å². The Kier molecular flexibility index (Phi) is 10.6. The summed E-state index contributed by atoms with van der Waals surface area (Å²) in [5, 5.41) is 0. The summed E-state index contributed by atoms with van der Waals surface area (Å²) in [4.78, 5) is 22.0. The summed E-state index contributed by atoms with van der Waals surface area (Å²) in [5.41, 5.74) is 0.424. The van der Waals surface area contributed by atoms with E-state index in [1.165, 1.54) is 63.9 Å². The summed E-state index contributed by atoms with van der Waals surface area (Å²) in [6.07, 6.45) is 14.8. The summed E-state index contributed by atoms with van der Waals surface area (Å²) < 4.78 is 9.90. The van der Waals surface area contributed by atoms with E-state index in [-0.39, 0.29) is 0 Å². The topological polar surface area (TPSA) is 52.6 Å². The van der Waals surface area contributed by atoms with Crippen LogP contribution in [0, 0.1) is 0 Å². The second-order valence-electron chi connectivity index (χ2n) is 5.92. The molecule has 0 fully saturated rings. The van der Waals surface area contributed by atoms with Gasteiger partial charge >= 0.3 is 11.9 Å². The van der Waals surface area contributed by atoms with Crippen LogP contribution in [0.3, 0.4) is 0 Å². The first kappa shape index (κ1) is 18.9. The minimum absolute atomic E-state index is 0.424. The fraction of sp³-hybridized carbons (Fsp3) is 0.778. The Balaban J connectivity index is 1.79. The zero-order chi connectivity index (χ0) is 16.0. The first-order valence-corrected chi connectivity index (χ1v) is 8.78. The molecule has 0 unspecified atom stereocenters. The molecule has 0 atom stereocenters. The van der Waals surface area contributed by atoms with Gasteiger partial charge < -0.3 is 9.47 Å². The average Bonchev–Trinajstić information content (AvgIpc) is 2.82. The predicted molar refractivity (Wildman–Crippen MR) is 86.5 cm³/mol. The Morgan fingerprint density at radius 2 is 1.45 bits per heavy atom. The van der Waals surface area contributed by atoms with Gasteiger partial charge in [0.1, 0.15) is 0 Å². The van der Waals surface area contributed by atoms with Crippen LogP contribution in [0.2, 0.25) is 0 Å². The summed E-state index contributed by atoms with van der Waals surface area (Å²) in [6.45, 7) is 3.45. The quantitative estimate of drug-likeness (QED) is 0.272. The Morgan fingerprint density at radius 1 is 0.864 bits per heavy atom. The Labute approximate surface area is 134 Å². The molecule has 0 aromatic carbocycles. The highest BCUT2D eigenvalue weighted by Crippen LogP contribution is 2.13. The molecule has 1 aliphatic rings. The van der Waals surface area contributed by atoms with Gasteiger partial charge in [-0.3, -0.25) is 0 Å². The highest BCUT2D eigenvalue weighted by atomic mass is 16.6. The molecule has 0 aromatic heterocycles. The molecule has 4 nitrogen and oxygen atoms in total. The molecule has 0 saturated carbocycles. The molecule has 0 aromatic rings. The van der Waals surface area contributed by atoms with Crippen LogP contribution in [0.1, 0.15) is 77.6 Å². The SMILES string of the molecule is CCCCCCCCCCCCOCCC1=CC(=O)OC1=O. The maximum atomic E-state index is 11.2. The van der Waals surface area contributed by atoms with Crippen molar-refractivity contribution in [2.24, 2.45) is 0 Å². The zero-order valence-electron chi connectivity index (χ0n) is 13.9. The van der Waals surface area contributed by atoms with Gasteiger partial charge in [-0.1, -0.05) is 64.7 Å².